The molecule has 0 spiro atoms. The Morgan fingerprint density at radius 3 is 2.79 bits per heavy atom. The summed E-state index contributed by atoms with van der Waals surface area (Å²) in [4.78, 5) is 2.25. The van der Waals surface area contributed by atoms with Crippen molar-refractivity contribution in [3.05, 3.63) is 41.2 Å². The van der Waals surface area contributed by atoms with Crippen LogP contribution in [-0.4, -0.2) is 36.2 Å². The molecule has 2 rings (SSSR count). The van der Waals surface area contributed by atoms with Gasteiger partial charge in [-0.3, -0.25) is 4.90 Å². The molecule has 1 aliphatic rings. The van der Waals surface area contributed by atoms with Gasteiger partial charge in [-0.15, -0.1) is 6.58 Å². The van der Waals surface area contributed by atoms with Crippen molar-refractivity contribution in [1.29, 1.82) is 0 Å². The number of benzene rings is 1. The summed E-state index contributed by atoms with van der Waals surface area (Å²) >= 11 is 5.78. The van der Waals surface area contributed by atoms with Gasteiger partial charge in [-0.25, -0.2) is 4.39 Å². The lowest BCUT2D eigenvalue weighted by molar-refractivity contribution is 0.172. The summed E-state index contributed by atoms with van der Waals surface area (Å²) in [5.74, 6) is -0.757. The lowest BCUT2D eigenvalue weighted by Crippen LogP contribution is -2.45. The lowest BCUT2D eigenvalue weighted by atomic mass is 10.00. The highest BCUT2D eigenvalue weighted by Crippen LogP contribution is 2.37. The second-order valence-electron chi connectivity index (χ2n) is 4.63. The first-order valence-corrected chi connectivity index (χ1v) is 6.75. The van der Waals surface area contributed by atoms with E-state index in [9.17, 15) is 9.50 Å². The molecule has 19 heavy (non-hydrogen) atoms. The zero-order valence-electron chi connectivity index (χ0n) is 10.7. The van der Waals surface area contributed by atoms with E-state index in [-0.39, 0.29) is 16.8 Å². The Morgan fingerprint density at radius 2 is 2.16 bits per heavy atom. The van der Waals surface area contributed by atoms with Crippen molar-refractivity contribution in [3.8, 4) is 5.75 Å². The second kappa shape index (κ2) is 6.37. The third-order valence-electron chi connectivity index (χ3n) is 3.44. The molecule has 0 bridgehead atoms. The highest BCUT2D eigenvalue weighted by atomic mass is 35.5. The molecule has 104 valence electrons. The minimum atomic E-state index is -0.597. The van der Waals surface area contributed by atoms with E-state index in [0.717, 1.165) is 26.2 Å². The molecule has 0 aliphatic carbocycles. The summed E-state index contributed by atoms with van der Waals surface area (Å²) in [6, 6.07) is 2.89. The van der Waals surface area contributed by atoms with Gasteiger partial charge in [-0.05, 0) is 12.5 Å². The number of rotatable bonds is 4. The van der Waals surface area contributed by atoms with Crippen LogP contribution in [0, 0.1) is 5.82 Å². The monoisotopic (exact) mass is 284 g/mol. The van der Waals surface area contributed by atoms with Crippen LogP contribution in [0.1, 0.15) is 18.0 Å². The fourth-order valence-electron chi connectivity index (χ4n) is 2.45. The Labute approximate surface area is 117 Å². The third kappa shape index (κ3) is 3.08. The Balaban J connectivity index is 2.32. The van der Waals surface area contributed by atoms with Gasteiger partial charge in [0.2, 0.25) is 0 Å². The van der Waals surface area contributed by atoms with E-state index in [1.807, 2.05) is 6.08 Å². The van der Waals surface area contributed by atoms with Gasteiger partial charge in [0, 0.05) is 37.8 Å². The van der Waals surface area contributed by atoms with E-state index in [4.69, 9.17) is 11.6 Å². The highest BCUT2D eigenvalue weighted by Gasteiger charge is 2.25. The van der Waals surface area contributed by atoms with Gasteiger partial charge in [-0.2, -0.15) is 0 Å². The van der Waals surface area contributed by atoms with Crippen molar-refractivity contribution in [1.82, 2.24) is 10.2 Å². The van der Waals surface area contributed by atoms with Crippen LogP contribution in [0.3, 0.4) is 0 Å². The molecular weight excluding hydrogens is 267 g/mol. The molecule has 3 nitrogen and oxygen atoms in total. The van der Waals surface area contributed by atoms with Gasteiger partial charge >= 0.3 is 0 Å². The van der Waals surface area contributed by atoms with Gasteiger partial charge in [0.1, 0.15) is 16.6 Å². The molecule has 0 unspecified atom stereocenters. The molecule has 1 aromatic carbocycles. The lowest BCUT2D eigenvalue weighted by Gasteiger charge is -2.35. The number of aromatic hydroxyl groups is 1. The highest BCUT2D eigenvalue weighted by molar-refractivity contribution is 6.32. The van der Waals surface area contributed by atoms with E-state index in [2.05, 4.69) is 16.8 Å². The summed E-state index contributed by atoms with van der Waals surface area (Å²) in [7, 11) is 0. The van der Waals surface area contributed by atoms with Gasteiger partial charge in [0.25, 0.3) is 0 Å². The first-order valence-electron chi connectivity index (χ1n) is 6.37. The van der Waals surface area contributed by atoms with Crippen LogP contribution < -0.4 is 5.32 Å². The van der Waals surface area contributed by atoms with Crippen LogP contribution in [0.2, 0.25) is 5.02 Å². The summed E-state index contributed by atoms with van der Waals surface area (Å²) in [6.07, 6.45) is 2.50. The number of phenolic OH excluding ortho intramolecular Hbond substituents is 1. The topological polar surface area (TPSA) is 35.5 Å². The molecule has 0 aromatic heterocycles. The van der Waals surface area contributed by atoms with Crippen LogP contribution in [0.15, 0.2) is 24.8 Å². The number of piperazine rings is 1. The van der Waals surface area contributed by atoms with E-state index in [0.29, 0.717) is 12.0 Å². The molecule has 0 saturated carbocycles. The molecule has 5 heteroatoms. The van der Waals surface area contributed by atoms with E-state index >= 15 is 0 Å². The average Bonchev–Trinajstić information content (AvgIpc) is 2.44. The summed E-state index contributed by atoms with van der Waals surface area (Å²) in [6.45, 7) is 7.34. The van der Waals surface area contributed by atoms with Crippen molar-refractivity contribution >= 4 is 11.6 Å². The van der Waals surface area contributed by atoms with Crippen molar-refractivity contribution < 1.29 is 9.50 Å². The first kappa shape index (κ1) is 14.3. The normalized spacial score (nSPS) is 18.2. The molecule has 1 aliphatic heterocycles. The molecular formula is C14H18ClFN2O. The van der Waals surface area contributed by atoms with E-state index in [1.54, 1.807) is 6.07 Å². The average molecular weight is 285 g/mol. The number of nitrogens with one attached hydrogen (secondary N) is 1. The molecule has 1 fully saturated rings. The Hall–Kier alpha value is -1.10. The maximum Gasteiger partial charge on any atom is 0.145 e. The van der Waals surface area contributed by atoms with E-state index < -0.39 is 5.82 Å². The molecule has 2 N–H and O–H groups in total. The molecule has 0 amide bonds. The molecule has 1 aromatic rings. The first-order chi connectivity index (χ1) is 9.15. The van der Waals surface area contributed by atoms with Crippen LogP contribution in [0.25, 0.3) is 0 Å². The zero-order chi connectivity index (χ0) is 13.8. The van der Waals surface area contributed by atoms with Crippen LogP contribution in [0.5, 0.6) is 5.75 Å². The summed E-state index contributed by atoms with van der Waals surface area (Å²) in [5, 5.41) is 13.1. The van der Waals surface area contributed by atoms with Crippen molar-refractivity contribution in [2.45, 2.75) is 12.5 Å². The number of nitrogens with zero attached hydrogens (tertiary/aromatic N) is 1. The van der Waals surface area contributed by atoms with Crippen LogP contribution >= 0.6 is 11.6 Å². The molecule has 1 heterocycles. The minimum Gasteiger partial charge on any atom is -0.506 e. The summed E-state index contributed by atoms with van der Waals surface area (Å²) in [5.41, 5.74) is 0.660. The fraction of sp³-hybridized carbons (Fsp3) is 0.429. The fourth-order valence-corrected chi connectivity index (χ4v) is 2.62. The SMILES string of the molecule is C=CC[C@@H](c1ccc(F)c(Cl)c1O)N1CCNCC1. The van der Waals surface area contributed by atoms with Gasteiger partial charge in [0.05, 0.1) is 0 Å². The van der Waals surface area contributed by atoms with Crippen molar-refractivity contribution in [2.24, 2.45) is 0 Å². The number of halogens is 2. The second-order valence-corrected chi connectivity index (χ2v) is 5.00. The zero-order valence-corrected chi connectivity index (χ0v) is 11.5. The van der Waals surface area contributed by atoms with Crippen LogP contribution in [-0.2, 0) is 0 Å². The third-order valence-corrected chi connectivity index (χ3v) is 3.80. The maximum absolute atomic E-state index is 13.3. The smallest absolute Gasteiger partial charge is 0.145 e. The maximum atomic E-state index is 13.3. The molecule has 1 saturated heterocycles. The minimum absolute atomic E-state index is 0.0160. The van der Waals surface area contributed by atoms with E-state index in [1.165, 1.54) is 6.07 Å². The molecule has 0 radical (unpaired) electrons. The standard InChI is InChI=1S/C14H18ClFN2O/c1-2-3-12(18-8-6-17-7-9-18)10-4-5-11(16)13(15)14(10)19/h2,4-5,12,17,19H,1,3,6-9H2/t12-/m0/s1. The number of hydrogen-bond acceptors (Lipinski definition) is 3. The Kier molecular flexibility index (Phi) is 4.80. The largest absolute Gasteiger partial charge is 0.506 e. The molecule has 1 atom stereocenters. The number of phenols is 1. The van der Waals surface area contributed by atoms with Gasteiger partial charge < -0.3 is 10.4 Å². The van der Waals surface area contributed by atoms with Crippen LogP contribution in [0.4, 0.5) is 4.39 Å². The quantitative estimate of drug-likeness (QED) is 0.835. The predicted molar refractivity (Wildman–Crippen MR) is 75.1 cm³/mol. The van der Waals surface area contributed by atoms with Crippen molar-refractivity contribution in [2.75, 3.05) is 26.2 Å². The van der Waals surface area contributed by atoms with Gasteiger partial charge in [-0.1, -0.05) is 23.7 Å². The Bertz CT molecular complexity index is 461. The number of hydrogen-bond donors (Lipinski definition) is 2. The predicted octanol–water partition coefficient (Wildman–Crippen LogP) is 2.71. The van der Waals surface area contributed by atoms with Gasteiger partial charge in [0.15, 0.2) is 0 Å². The van der Waals surface area contributed by atoms with Crippen molar-refractivity contribution in [3.63, 3.8) is 0 Å². The Morgan fingerprint density at radius 1 is 1.47 bits per heavy atom. The summed E-state index contributed by atoms with van der Waals surface area (Å²) < 4.78 is 13.3.